The van der Waals surface area contributed by atoms with Gasteiger partial charge in [-0.1, -0.05) is 11.3 Å². The van der Waals surface area contributed by atoms with E-state index in [1.165, 1.54) is 20.1 Å². The van der Waals surface area contributed by atoms with E-state index in [0.717, 1.165) is 21.1 Å². The summed E-state index contributed by atoms with van der Waals surface area (Å²) in [5.74, 6) is -0.695. The van der Waals surface area contributed by atoms with Crippen molar-refractivity contribution >= 4 is 35.3 Å². The van der Waals surface area contributed by atoms with Crippen molar-refractivity contribution in [3.63, 3.8) is 0 Å². The van der Waals surface area contributed by atoms with Crippen LogP contribution in [-0.2, 0) is 4.79 Å². The summed E-state index contributed by atoms with van der Waals surface area (Å²) in [5, 5.41) is 19.1. The molecule has 1 amide bonds. The van der Waals surface area contributed by atoms with Crippen molar-refractivity contribution in [3.05, 3.63) is 44.0 Å². The van der Waals surface area contributed by atoms with E-state index in [4.69, 9.17) is 10.1 Å². The maximum absolute atomic E-state index is 12.2. The Balaban J connectivity index is 2.14. The Bertz CT molecular complexity index is 1080. The minimum atomic E-state index is -0.473. The predicted molar refractivity (Wildman–Crippen MR) is 87.4 cm³/mol. The fourth-order valence-corrected chi connectivity index (χ4v) is 3.19. The molecule has 1 aliphatic rings. The Hall–Kier alpha value is -3.00. The zero-order chi connectivity index (χ0) is 17.4. The molecule has 0 radical (unpaired) electrons. The number of carbonyl (C=O) groups excluding carboxylic acids is 2. The highest BCUT2D eigenvalue weighted by Crippen LogP contribution is 2.24. The molecule has 7 nitrogen and oxygen atoms in total. The number of hydrogen-bond donors (Lipinski definition) is 2. The molecule has 24 heavy (non-hydrogen) atoms. The first kappa shape index (κ1) is 15.9. The van der Waals surface area contributed by atoms with Gasteiger partial charge in [-0.05, 0) is 24.3 Å². The molecule has 1 aromatic heterocycles. The number of rotatable bonds is 2. The Morgan fingerprint density at radius 2 is 2.21 bits per heavy atom. The summed E-state index contributed by atoms with van der Waals surface area (Å²) in [6, 6.07) is 5.19. The van der Waals surface area contributed by atoms with Gasteiger partial charge in [0.25, 0.3) is 5.91 Å². The van der Waals surface area contributed by atoms with Crippen LogP contribution in [0.3, 0.4) is 0 Å². The monoisotopic (exact) mass is 343 g/mol. The van der Waals surface area contributed by atoms with Crippen LogP contribution in [0.1, 0.15) is 16.6 Å². The number of ether oxygens (including phenoxy) is 1. The van der Waals surface area contributed by atoms with Crippen LogP contribution in [0.2, 0.25) is 0 Å². The molecular formula is C16H13N3O4S. The molecule has 2 aromatic rings. The molecule has 1 aliphatic heterocycles. The van der Waals surface area contributed by atoms with Gasteiger partial charge in [0.1, 0.15) is 5.75 Å². The standard InChI is InChI=1S/C16H13N3O4S/c1-8(20)19-15(22)13(24-16(19)17)6-10-5-9-3-4-11(23-2)7-12(9)18-14(10)21/h3-7,17,22H,1-2H3/b10-6+,17-16?. The van der Waals surface area contributed by atoms with Crippen molar-refractivity contribution in [2.24, 2.45) is 4.99 Å². The predicted octanol–water partition coefficient (Wildman–Crippen LogP) is 0.427. The average Bonchev–Trinajstić information content (AvgIpc) is 2.81. The number of nitrogens with zero attached hydrogens (tertiary/aromatic N) is 2. The van der Waals surface area contributed by atoms with E-state index < -0.39 is 11.8 Å². The molecule has 0 saturated heterocycles. The second kappa shape index (κ2) is 5.89. The van der Waals surface area contributed by atoms with Crippen LogP contribution in [0.15, 0.2) is 28.8 Å². The van der Waals surface area contributed by atoms with Gasteiger partial charge in [-0.2, -0.15) is 0 Å². The van der Waals surface area contributed by atoms with Gasteiger partial charge in [-0.25, -0.2) is 9.56 Å². The van der Waals surface area contributed by atoms with Crippen molar-refractivity contribution < 1.29 is 19.4 Å². The first-order chi connectivity index (χ1) is 11.4. The summed E-state index contributed by atoms with van der Waals surface area (Å²) >= 11 is 0.901. The van der Waals surface area contributed by atoms with Crippen molar-refractivity contribution in [1.82, 2.24) is 4.57 Å². The molecular weight excluding hydrogens is 330 g/mol. The third-order valence-electron chi connectivity index (χ3n) is 3.46. The molecule has 8 heteroatoms. The number of nitrogens with one attached hydrogen (secondary N) is 1. The Morgan fingerprint density at radius 1 is 1.46 bits per heavy atom. The van der Waals surface area contributed by atoms with Gasteiger partial charge < -0.3 is 9.84 Å². The lowest BCUT2D eigenvalue weighted by molar-refractivity contribution is -0.114. The second-order valence-corrected chi connectivity index (χ2v) is 6.07. The van der Waals surface area contributed by atoms with Gasteiger partial charge in [0.2, 0.25) is 11.8 Å². The lowest BCUT2D eigenvalue weighted by Crippen LogP contribution is -2.30. The zero-order valence-electron chi connectivity index (χ0n) is 12.9. The van der Waals surface area contributed by atoms with E-state index >= 15 is 0 Å². The highest BCUT2D eigenvalue weighted by Gasteiger charge is 2.17. The number of aromatic hydroxyl groups is 1. The molecule has 2 heterocycles. The number of aromatic nitrogens is 1. The fourth-order valence-electron chi connectivity index (χ4n) is 2.31. The van der Waals surface area contributed by atoms with E-state index in [0.29, 0.717) is 11.1 Å². The largest absolute Gasteiger partial charge is 0.497 e. The van der Waals surface area contributed by atoms with Crippen LogP contribution < -0.4 is 20.1 Å². The summed E-state index contributed by atoms with van der Waals surface area (Å²) in [6.45, 7) is 1.25. The van der Waals surface area contributed by atoms with Gasteiger partial charge in [0.05, 0.1) is 17.3 Å². The number of thiazole rings is 1. The van der Waals surface area contributed by atoms with Crippen molar-refractivity contribution in [1.29, 1.82) is 5.41 Å². The fraction of sp³-hybridized carbons (Fsp3) is 0.125. The summed E-state index contributed by atoms with van der Waals surface area (Å²) in [6.07, 6.45) is 3.07. The second-order valence-electron chi connectivity index (χ2n) is 5.04. The van der Waals surface area contributed by atoms with Crippen LogP contribution in [0.25, 0.3) is 12.2 Å². The van der Waals surface area contributed by atoms with Gasteiger partial charge in [-0.15, -0.1) is 0 Å². The van der Waals surface area contributed by atoms with Gasteiger partial charge in [0, 0.05) is 23.8 Å². The molecule has 122 valence electrons. The molecule has 1 aromatic carbocycles. The molecule has 2 N–H and O–H groups in total. The smallest absolute Gasteiger partial charge is 0.277 e. The minimum Gasteiger partial charge on any atom is -0.497 e. The lowest BCUT2D eigenvalue weighted by atomic mass is 10.1. The van der Waals surface area contributed by atoms with E-state index in [-0.39, 0.29) is 21.1 Å². The van der Waals surface area contributed by atoms with Crippen molar-refractivity contribution in [2.45, 2.75) is 6.92 Å². The first-order valence-corrected chi connectivity index (χ1v) is 7.73. The van der Waals surface area contributed by atoms with Crippen LogP contribution in [0.4, 0.5) is 0 Å². The summed E-state index contributed by atoms with van der Waals surface area (Å²) < 4.78 is 5.98. The number of hydrogen-bond acceptors (Lipinski definition) is 6. The van der Waals surface area contributed by atoms with Crippen LogP contribution >= 0.6 is 11.3 Å². The quantitative estimate of drug-likeness (QED) is 0.771. The Kier molecular flexibility index (Phi) is 3.90. The van der Waals surface area contributed by atoms with Gasteiger partial charge in [0.15, 0.2) is 4.80 Å². The van der Waals surface area contributed by atoms with E-state index in [9.17, 15) is 14.7 Å². The molecule has 0 bridgehead atoms. The third-order valence-corrected chi connectivity index (χ3v) is 4.36. The van der Waals surface area contributed by atoms with E-state index in [2.05, 4.69) is 4.99 Å². The zero-order valence-corrected chi connectivity index (χ0v) is 13.7. The number of amides is 1. The number of carbonyl (C=O) groups is 2. The maximum Gasteiger partial charge on any atom is 0.277 e. The third kappa shape index (κ3) is 2.67. The SMILES string of the molecule is COc1ccc2c(c1)=NC(=O)/C(=C/c1sc(=N)n(C(C)=O)c1O)C=2. The Morgan fingerprint density at radius 3 is 2.83 bits per heavy atom. The minimum absolute atomic E-state index is 0.114. The molecule has 0 fully saturated rings. The van der Waals surface area contributed by atoms with Crippen molar-refractivity contribution in [2.75, 3.05) is 7.11 Å². The van der Waals surface area contributed by atoms with Crippen LogP contribution in [0.5, 0.6) is 11.6 Å². The number of fused-ring (bicyclic) bond motifs is 1. The highest BCUT2D eigenvalue weighted by atomic mass is 32.1. The number of methoxy groups -OCH3 is 1. The molecule has 0 spiro atoms. The number of benzene rings is 1. The van der Waals surface area contributed by atoms with Crippen LogP contribution in [0, 0.1) is 5.41 Å². The topological polar surface area (TPSA) is 105 Å². The summed E-state index contributed by atoms with van der Waals surface area (Å²) in [4.78, 5) is 27.8. The molecule has 0 saturated carbocycles. The molecule has 0 aliphatic carbocycles. The van der Waals surface area contributed by atoms with Gasteiger partial charge >= 0.3 is 0 Å². The Labute approximate surface area is 140 Å². The summed E-state index contributed by atoms with van der Waals surface area (Å²) in [5.41, 5.74) is 0.264. The van der Waals surface area contributed by atoms with Crippen molar-refractivity contribution in [3.8, 4) is 11.6 Å². The maximum atomic E-state index is 12.2. The molecule has 0 unspecified atom stereocenters. The van der Waals surface area contributed by atoms with Crippen LogP contribution in [-0.4, -0.2) is 28.6 Å². The molecule has 0 atom stereocenters. The first-order valence-electron chi connectivity index (χ1n) is 6.91. The van der Waals surface area contributed by atoms with Gasteiger partial charge in [-0.3, -0.25) is 15.0 Å². The molecule has 3 rings (SSSR count). The normalized spacial score (nSPS) is 14.8. The van der Waals surface area contributed by atoms with E-state index in [1.54, 1.807) is 24.3 Å². The average molecular weight is 343 g/mol. The summed E-state index contributed by atoms with van der Waals surface area (Å²) in [7, 11) is 1.53. The lowest BCUT2D eigenvalue weighted by Gasteiger charge is -2.05. The van der Waals surface area contributed by atoms with E-state index in [1.807, 2.05) is 0 Å². The highest BCUT2D eigenvalue weighted by molar-refractivity contribution is 7.10.